The third-order valence-corrected chi connectivity index (χ3v) is 6.70. The summed E-state index contributed by atoms with van der Waals surface area (Å²) in [5.74, 6) is -0.355. The molecule has 1 heterocycles. The van der Waals surface area contributed by atoms with Gasteiger partial charge < -0.3 is 14.6 Å². The number of carbonyl (C=O) groups excluding carboxylic acids is 2. The molecule has 0 aliphatic carbocycles. The van der Waals surface area contributed by atoms with Gasteiger partial charge in [0.2, 0.25) is 0 Å². The molecule has 4 rings (SSSR count). The van der Waals surface area contributed by atoms with E-state index in [4.69, 9.17) is 21.1 Å². The van der Waals surface area contributed by atoms with Gasteiger partial charge in [-0.1, -0.05) is 43.6 Å². The van der Waals surface area contributed by atoms with Crippen LogP contribution in [0, 0.1) is 6.92 Å². The number of hydrogen-bond acceptors (Lipinski definition) is 5. The topological polar surface area (TPSA) is 76.1 Å². The zero-order valence-corrected chi connectivity index (χ0v) is 22.3. The molecule has 1 aliphatic heterocycles. The summed E-state index contributed by atoms with van der Waals surface area (Å²) in [7, 11) is 1.60. The summed E-state index contributed by atoms with van der Waals surface area (Å²) in [6, 6.07) is 16.7. The molecule has 3 aromatic rings. The molecule has 1 saturated heterocycles. The van der Waals surface area contributed by atoms with E-state index in [-0.39, 0.29) is 17.3 Å². The number of hydrogen-bond donors (Lipinski definition) is 1. The van der Waals surface area contributed by atoms with Gasteiger partial charge in [0.15, 0.2) is 0 Å². The number of amides is 1. The van der Waals surface area contributed by atoms with Gasteiger partial charge in [0.25, 0.3) is 11.7 Å². The van der Waals surface area contributed by atoms with Crippen molar-refractivity contribution in [2.45, 2.75) is 39.7 Å². The first kappa shape index (κ1) is 26.3. The molecule has 1 aliphatic rings. The van der Waals surface area contributed by atoms with E-state index in [1.54, 1.807) is 49.6 Å². The zero-order chi connectivity index (χ0) is 26.9. The van der Waals surface area contributed by atoms with Gasteiger partial charge in [-0.15, -0.1) is 0 Å². The number of aliphatic hydroxyl groups excluding tert-OH is 1. The number of aliphatic hydroxyl groups is 1. The van der Waals surface area contributed by atoms with Crippen LogP contribution in [0.25, 0.3) is 5.76 Å². The van der Waals surface area contributed by atoms with E-state index < -0.39 is 17.7 Å². The van der Waals surface area contributed by atoms with E-state index in [1.165, 1.54) is 4.90 Å². The largest absolute Gasteiger partial charge is 0.507 e. The Balaban J connectivity index is 1.99. The van der Waals surface area contributed by atoms with Gasteiger partial charge >= 0.3 is 0 Å². The van der Waals surface area contributed by atoms with Gasteiger partial charge in [0, 0.05) is 16.3 Å². The summed E-state index contributed by atoms with van der Waals surface area (Å²) in [6.45, 7) is 8.21. The number of aryl methyl sites for hydroxylation is 1. The second-order valence-corrected chi connectivity index (χ2v) is 9.65. The van der Waals surface area contributed by atoms with E-state index in [0.29, 0.717) is 39.9 Å². The number of Topliss-reactive ketones (excluding diaryl/α,β-unsaturated/α-hetero) is 1. The van der Waals surface area contributed by atoms with Crippen LogP contribution in [0.1, 0.15) is 55.0 Å². The third-order valence-electron chi connectivity index (χ3n) is 6.47. The predicted molar refractivity (Wildman–Crippen MR) is 146 cm³/mol. The minimum atomic E-state index is -0.886. The van der Waals surface area contributed by atoms with Crippen molar-refractivity contribution in [3.05, 3.63) is 93.5 Å². The van der Waals surface area contributed by atoms with Gasteiger partial charge in [-0.05, 0) is 78.9 Å². The number of nitrogens with zero attached hydrogens (tertiary/aromatic N) is 1. The van der Waals surface area contributed by atoms with Crippen LogP contribution in [0.15, 0.2) is 66.2 Å². The highest BCUT2D eigenvalue weighted by Gasteiger charge is 2.47. The number of methoxy groups -OCH3 is 1. The summed E-state index contributed by atoms with van der Waals surface area (Å²) in [5, 5.41) is 12.1. The summed E-state index contributed by atoms with van der Waals surface area (Å²) in [4.78, 5) is 28.4. The number of benzene rings is 3. The van der Waals surface area contributed by atoms with Crippen LogP contribution in [0.4, 0.5) is 5.69 Å². The van der Waals surface area contributed by atoms with Crippen molar-refractivity contribution < 1.29 is 24.2 Å². The lowest BCUT2D eigenvalue weighted by Crippen LogP contribution is -2.29. The quantitative estimate of drug-likeness (QED) is 0.211. The smallest absolute Gasteiger partial charge is 0.300 e. The molecule has 192 valence electrons. The minimum Gasteiger partial charge on any atom is -0.507 e. The molecule has 0 radical (unpaired) electrons. The second-order valence-electron chi connectivity index (χ2n) is 9.22. The molecule has 0 aromatic heterocycles. The maximum absolute atomic E-state index is 13.5. The summed E-state index contributed by atoms with van der Waals surface area (Å²) in [5.41, 5.74) is 3.15. The van der Waals surface area contributed by atoms with Crippen molar-refractivity contribution in [3.63, 3.8) is 0 Å². The molecule has 1 atom stereocenters. The molecule has 0 saturated carbocycles. The summed E-state index contributed by atoms with van der Waals surface area (Å²) < 4.78 is 11.2. The molecule has 1 amide bonds. The second kappa shape index (κ2) is 10.7. The summed E-state index contributed by atoms with van der Waals surface area (Å²) in [6.07, 6.45) is 0. The lowest BCUT2D eigenvalue weighted by molar-refractivity contribution is -0.132. The van der Waals surface area contributed by atoms with Gasteiger partial charge in [0.05, 0.1) is 25.3 Å². The Labute approximate surface area is 222 Å². The highest BCUT2D eigenvalue weighted by Crippen LogP contribution is 2.44. The van der Waals surface area contributed by atoms with Crippen LogP contribution in [0.3, 0.4) is 0 Å². The monoisotopic (exact) mass is 519 g/mol. The maximum Gasteiger partial charge on any atom is 0.300 e. The number of ketones is 1. The lowest BCUT2D eigenvalue weighted by Gasteiger charge is -2.26. The van der Waals surface area contributed by atoms with Crippen molar-refractivity contribution in [2.24, 2.45) is 0 Å². The Kier molecular flexibility index (Phi) is 7.60. The molecule has 7 heteroatoms. The fraction of sp³-hybridized carbons (Fsp3) is 0.267. The molecule has 0 bridgehead atoms. The van der Waals surface area contributed by atoms with Crippen LogP contribution in [-0.2, 0) is 9.59 Å². The highest BCUT2D eigenvalue weighted by molar-refractivity contribution is 6.51. The molecule has 6 nitrogen and oxygen atoms in total. The fourth-order valence-electron chi connectivity index (χ4n) is 4.71. The number of ether oxygens (including phenoxy) is 2. The summed E-state index contributed by atoms with van der Waals surface area (Å²) >= 11 is 6.24. The van der Waals surface area contributed by atoms with Crippen molar-refractivity contribution in [1.82, 2.24) is 0 Å². The first-order valence-corrected chi connectivity index (χ1v) is 12.5. The average molecular weight is 520 g/mol. The van der Waals surface area contributed by atoms with Crippen molar-refractivity contribution >= 4 is 34.7 Å². The first-order valence-electron chi connectivity index (χ1n) is 12.2. The van der Waals surface area contributed by atoms with Gasteiger partial charge in [-0.3, -0.25) is 14.5 Å². The Morgan fingerprint density at radius 3 is 2.46 bits per heavy atom. The lowest BCUT2D eigenvalue weighted by atomic mass is 9.91. The number of rotatable bonds is 7. The molecule has 0 spiro atoms. The molecule has 1 fully saturated rings. The predicted octanol–water partition coefficient (Wildman–Crippen LogP) is 6.81. The normalized spacial score (nSPS) is 16.9. The van der Waals surface area contributed by atoms with Crippen LogP contribution < -0.4 is 14.4 Å². The SMILES string of the molecule is CCOc1cccc(C2/C(=C(\O)c3cc(C(C)C)c(OC)cc3C)C(=O)C(=O)N2c2cccc(Cl)c2)c1. The molecular weight excluding hydrogens is 490 g/mol. The Morgan fingerprint density at radius 1 is 1.08 bits per heavy atom. The number of halogens is 1. The standard InChI is InChI=1S/C30H30ClNO5/c1-6-37-22-12-7-9-19(14-22)27-26(29(34)30(35)32(27)21-11-8-10-20(31)15-21)28(33)24-16-23(17(2)3)25(36-5)13-18(24)4/h7-17,27,33H,6H2,1-5H3/b28-26+. The van der Waals surface area contributed by atoms with Crippen molar-refractivity contribution in [2.75, 3.05) is 18.6 Å². The third kappa shape index (κ3) is 4.94. The van der Waals surface area contributed by atoms with Crippen LogP contribution >= 0.6 is 11.6 Å². The van der Waals surface area contributed by atoms with Crippen molar-refractivity contribution in [3.8, 4) is 11.5 Å². The van der Waals surface area contributed by atoms with Gasteiger partial charge in [-0.25, -0.2) is 0 Å². The van der Waals surface area contributed by atoms with E-state index in [0.717, 1.165) is 11.1 Å². The molecule has 37 heavy (non-hydrogen) atoms. The van der Waals surface area contributed by atoms with E-state index >= 15 is 0 Å². The Bertz CT molecular complexity index is 1390. The van der Waals surface area contributed by atoms with Gasteiger partial charge in [-0.2, -0.15) is 0 Å². The Hall–Kier alpha value is -3.77. The molecule has 1 N–H and O–H groups in total. The zero-order valence-electron chi connectivity index (χ0n) is 21.5. The number of anilines is 1. The molecule has 1 unspecified atom stereocenters. The first-order chi connectivity index (χ1) is 17.7. The number of carbonyl (C=O) groups is 2. The van der Waals surface area contributed by atoms with Crippen LogP contribution in [0.5, 0.6) is 11.5 Å². The van der Waals surface area contributed by atoms with Crippen LogP contribution in [0.2, 0.25) is 5.02 Å². The Morgan fingerprint density at radius 2 is 1.81 bits per heavy atom. The maximum atomic E-state index is 13.5. The molecular formula is C30H30ClNO5. The highest BCUT2D eigenvalue weighted by atomic mass is 35.5. The van der Waals surface area contributed by atoms with Crippen molar-refractivity contribution in [1.29, 1.82) is 0 Å². The fourth-order valence-corrected chi connectivity index (χ4v) is 4.89. The van der Waals surface area contributed by atoms with Crippen LogP contribution in [-0.4, -0.2) is 30.5 Å². The van der Waals surface area contributed by atoms with E-state index in [9.17, 15) is 14.7 Å². The minimum absolute atomic E-state index is 0.00148. The molecule has 3 aromatic carbocycles. The van der Waals surface area contributed by atoms with E-state index in [1.807, 2.05) is 45.9 Å². The van der Waals surface area contributed by atoms with E-state index in [2.05, 4.69) is 0 Å². The average Bonchev–Trinajstić information content (AvgIpc) is 3.14. The van der Waals surface area contributed by atoms with Gasteiger partial charge in [0.1, 0.15) is 17.3 Å².